The van der Waals surface area contributed by atoms with Crippen LogP contribution < -0.4 is 11.0 Å². The summed E-state index contributed by atoms with van der Waals surface area (Å²) in [5.41, 5.74) is 2.85. The van der Waals surface area contributed by atoms with Crippen molar-refractivity contribution in [2.45, 2.75) is 39.7 Å². The van der Waals surface area contributed by atoms with Crippen LogP contribution in [-0.4, -0.2) is 16.5 Å². The molecule has 19 heavy (non-hydrogen) atoms. The molecule has 0 aliphatic rings. The van der Waals surface area contributed by atoms with E-state index in [2.05, 4.69) is 48.2 Å². The van der Waals surface area contributed by atoms with Gasteiger partial charge in [0.1, 0.15) is 0 Å². The lowest BCUT2D eigenvalue weighted by molar-refractivity contribution is 0.430. The van der Waals surface area contributed by atoms with Crippen LogP contribution in [0.2, 0.25) is 0 Å². The highest BCUT2D eigenvalue weighted by Gasteiger charge is 2.13. The average Bonchev–Trinajstić information content (AvgIpc) is 2.73. The van der Waals surface area contributed by atoms with Gasteiger partial charge in [0.15, 0.2) is 0 Å². The smallest absolute Gasteiger partial charge is 0.310 e. The van der Waals surface area contributed by atoms with Crippen LogP contribution in [0.5, 0.6) is 0 Å². The predicted molar refractivity (Wildman–Crippen MR) is 79.4 cm³/mol. The zero-order valence-electron chi connectivity index (χ0n) is 11.9. The number of fused-ring (bicyclic) bond motifs is 1. The van der Waals surface area contributed by atoms with Crippen molar-refractivity contribution in [2.75, 3.05) is 6.54 Å². The number of nitrogens with one attached hydrogen (secondary N) is 3. The summed E-state index contributed by atoms with van der Waals surface area (Å²) < 4.78 is 0. The number of imidazole rings is 1. The van der Waals surface area contributed by atoms with Crippen LogP contribution in [0.25, 0.3) is 11.0 Å². The van der Waals surface area contributed by atoms with Crippen LogP contribution in [0.3, 0.4) is 0 Å². The van der Waals surface area contributed by atoms with Gasteiger partial charge in [-0.25, -0.2) is 4.79 Å². The minimum Gasteiger partial charge on any atom is -0.310 e. The molecule has 1 aromatic heterocycles. The third kappa shape index (κ3) is 3.47. The minimum atomic E-state index is -0.144. The Kier molecular flexibility index (Phi) is 4.43. The molecule has 0 aliphatic carbocycles. The Hall–Kier alpha value is -1.55. The molecule has 0 aliphatic heterocycles. The third-order valence-corrected chi connectivity index (χ3v) is 3.29. The van der Waals surface area contributed by atoms with Gasteiger partial charge in [-0.2, -0.15) is 0 Å². The van der Waals surface area contributed by atoms with Crippen molar-refractivity contribution in [3.8, 4) is 0 Å². The molecule has 0 radical (unpaired) electrons. The molecule has 104 valence electrons. The maximum atomic E-state index is 11.3. The zero-order valence-corrected chi connectivity index (χ0v) is 11.9. The number of aromatic nitrogens is 2. The lowest BCUT2D eigenvalue weighted by Crippen LogP contribution is -2.23. The van der Waals surface area contributed by atoms with E-state index < -0.39 is 0 Å². The molecule has 0 bridgehead atoms. The molecule has 2 rings (SSSR count). The topological polar surface area (TPSA) is 60.7 Å². The first-order valence-electron chi connectivity index (χ1n) is 7.05. The average molecular weight is 261 g/mol. The van der Waals surface area contributed by atoms with Crippen LogP contribution in [0, 0.1) is 5.92 Å². The first-order valence-corrected chi connectivity index (χ1v) is 7.05. The van der Waals surface area contributed by atoms with Gasteiger partial charge in [0.05, 0.1) is 11.0 Å². The Morgan fingerprint density at radius 2 is 1.95 bits per heavy atom. The van der Waals surface area contributed by atoms with E-state index >= 15 is 0 Å². The highest BCUT2D eigenvalue weighted by atomic mass is 16.1. The van der Waals surface area contributed by atoms with E-state index in [4.69, 9.17) is 0 Å². The lowest BCUT2D eigenvalue weighted by atomic mass is 9.96. The SMILES string of the molecule is CCCNC(CC(C)C)c1ccc2[nH]c(=O)[nH]c2c1. The summed E-state index contributed by atoms with van der Waals surface area (Å²) in [4.78, 5) is 16.9. The number of rotatable bonds is 6. The lowest BCUT2D eigenvalue weighted by Gasteiger charge is -2.21. The Morgan fingerprint density at radius 1 is 1.21 bits per heavy atom. The fourth-order valence-corrected chi connectivity index (χ4v) is 2.39. The van der Waals surface area contributed by atoms with Crippen LogP contribution in [-0.2, 0) is 0 Å². The van der Waals surface area contributed by atoms with Gasteiger partial charge >= 0.3 is 5.69 Å². The van der Waals surface area contributed by atoms with E-state index in [0.29, 0.717) is 12.0 Å². The summed E-state index contributed by atoms with van der Waals surface area (Å²) >= 11 is 0. The minimum absolute atomic E-state index is 0.144. The van der Waals surface area contributed by atoms with Crippen LogP contribution in [0.15, 0.2) is 23.0 Å². The van der Waals surface area contributed by atoms with Crippen molar-refractivity contribution < 1.29 is 0 Å². The molecule has 0 spiro atoms. The summed E-state index contributed by atoms with van der Waals surface area (Å²) in [5.74, 6) is 0.635. The van der Waals surface area contributed by atoms with Gasteiger partial charge in [-0.05, 0) is 43.0 Å². The third-order valence-electron chi connectivity index (χ3n) is 3.29. The maximum absolute atomic E-state index is 11.3. The normalized spacial score (nSPS) is 13.3. The van der Waals surface area contributed by atoms with Gasteiger partial charge in [0.25, 0.3) is 0 Å². The van der Waals surface area contributed by atoms with E-state index in [1.54, 1.807) is 0 Å². The summed E-state index contributed by atoms with van der Waals surface area (Å²) in [6.45, 7) is 7.65. The molecule has 0 saturated heterocycles. The molecule has 4 heteroatoms. The van der Waals surface area contributed by atoms with Crippen molar-refractivity contribution in [1.29, 1.82) is 0 Å². The Balaban J connectivity index is 2.28. The molecule has 1 unspecified atom stereocenters. The second-order valence-electron chi connectivity index (χ2n) is 5.52. The van der Waals surface area contributed by atoms with Gasteiger partial charge in [0.2, 0.25) is 0 Å². The fourth-order valence-electron chi connectivity index (χ4n) is 2.39. The molecule has 0 fully saturated rings. The van der Waals surface area contributed by atoms with E-state index in [0.717, 1.165) is 30.4 Å². The van der Waals surface area contributed by atoms with Crippen molar-refractivity contribution in [1.82, 2.24) is 15.3 Å². The highest BCUT2D eigenvalue weighted by molar-refractivity contribution is 5.75. The van der Waals surface area contributed by atoms with Crippen molar-refractivity contribution >= 4 is 11.0 Å². The van der Waals surface area contributed by atoms with E-state index in [9.17, 15) is 4.79 Å². The zero-order chi connectivity index (χ0) is 13.8. The monoisotopic (exact) mass is 261 g/mol. The van der Waals surface area contributed by atoms with Crippen LogP contribution in [0.1, 0.15) is 45.2 Å². The summed E-state index contributed by atoms with van der Waals surface area (Å²) in [6.07, 6.45) is 2.22. The number of benzene rings is 1. The Morgan fingerprint density at radius 3 is 2.63 bits per heavy atom. The summed E-state index contributed by atoms with van der Waals surface area (Å²) in [6, 6.07) is 6.50. The molecule has 1 heterocycles. The molecule has 1 atom stereocenters. The van der Waals surface area contributed by atoms with Gasteiger partial charge in [-0.15, -0.1) is 0 Å². The predicted octanol–water partition coefficient (Wildman–Crippen LogP) is 2.94. The quantitative estimate of drug-likeness (QED) is 0.748. The van der Waals surface area contributed by atoms with Crippen LogP contribution in [0.4, 0.5) is 0 Å². The van der Waals surface area contributed by atoms with E-state index in [-0.39, 0.29) is 5.69 Å². The first-order chi connectivity index (χ1) is 9.10. The van der Waals surface area contributed by atoms with Gasteiger partial charge in [-0.1, -0.05) is 26.8 Å². The molecule has 0 amide bonds. The number of H-pyrrole nitrogens is 2. The van der Waals surface area contributed by atoms with E-state index in [1.807, 2.05) is 6.07 Å². The standard InChI is InChI=1S/C15H23N3O/c1-4-7-16-13(8-10(2)3)11-5-6-12-14(9-11)18-15(19)17-12/h5-6,9-10,13,16H,4,7-8H2,1-3H3,(H2,17,18,19). The largest absolute Gasteiger partial charge is 0.323 e. The molecular formula is C15H23N3O. The Bertz CT molecular complexity index is 582. The fraction of sp³-hybridized carbons (Fsp3) is 0.533. The number of hydrogen-bond donors (Lipinski definition) is 3. The molecule has 1 aromatic carbocycles. The maximum Gasteiger partial charge on any atom is 0.323 e. The molecule has 2 aromatic rings. The van der Waals surface area contributed by atoms with Gasteiger partial charge in [0, 0.05) is 6.04 Å². The van der Waals surface area contributed by atoms with Crippen LogP contribution >= 0.6 is 0 Å². The van der Waals surface area contributed by atoms with Crippen molar-refractivity contribution in [3.63, 3.8) is 0 Å². The molecule has 4 nitrogen and oxygen atoms in total. The number of aromatic amines is 2. The molecule has 3 N–H and O–H groups in total. The highest BCUT2D eigenvalue weighted by Crippen LogP contribution is 2.23. The summed E-state index contributed by atoms with van der Waals surface area (Å²) in [7, 11) is 0. The first kappa shape index (κ1) is 13.9. The second kappa shape index (κ2) is 6.06. The summed E-state index contributed by atoms with van der Waals surface area (Å²) in [5, 5.41) is 3.59. The molecule has 0 saturated carbocycles. The molecular weight excluding hydrogens is 238 g/mol. The number of hydrogen-bond acceptors (Lipinski definition) is 2. The van der Waals surface area contributed by atoms with Gasteiger partial charge < -0.3 is 15.3 Å². The Labute approximate surface area is 113 Å². The van der Waals surface area contributed by atoms with Gasteiger partial charge in [-0.3, -0.25) is 0 Å². The van der Waals surface area contributed by atoms with Crippen molar-refractivity contribution in [3.05, 3.63) is 34.2 Å². The van der Waals surface area contributed by atoms with E-state index in [1.165, 1.54) is 5.56 Å². The second-order valence-corrected chi connectivity index (χ2v) is 5.52. The van der Waals surface area contributed by atoms with Crippen molar-refractivity contribution in [2.24, 2.45) is 5.92 Å².